The Hall–Kier alpha value is -2.04. The van der Waals surface area contributed by atoms with Gasteiger partial charge in [0.1, 0.15) is 0 Å². The van der Waals surface area contributed by atoms with Gasteiger partial charge in [0.15, 0.2) is 0 Å². The molecule has 0 saturated heterocycles. The van der Waals surface area contributed by atoms with Crippen molar-refractivity contribution in [3.63, 3.8) is 0 Å². The van der Waals surface area contributed by atoms with Crippen LogP contribution in [0, 0.1) is 0 Å². The number of fused-ring (bicyclic) bond motifs is 1. The van der Waals surface area contributed by atoms with E-state index in [9.17, 15) is 0 Å². The number of imidazole rings is 1. The van der Waals surface area contributed by atoms with Crippen molar-refractivity contribution in [3.05, 3.63) is 40.5 Å². The normalized spacial score (nSPS) is 12.4. The number of nitrogens with zero attached hydrogens (tertiary/aromatic N) is 5. The molecule has 0 amide bonds. The fourth-order valence-electron chi connectivity index (χ4n) is 1.63. The molecular formula is C10H11N5O. The van der Waals surface area contributed by atoms with Gasteiger partial charge in [0.2, 0.25) is 0 Å². The van der Waals surface area contributed by atoms with Crippen LogP contribution in [0.5, 0.6) is 0 Å². The molecule has 6 heteroatoms. The Balaban J connectivity index is 2.49. The third kappa shape index (κ3) is 1.71. The molecule has 6 nitrogen and oxygen atoms in total. The van der Waals surface area contributed by atoms with Gasteiger partial charge in [-0.05, 0) is 23.2 Å². The number of aliphatic hydroxyl groups is 1. The molecule has 1 aromatic heterocycles. The van der Waals surface area contributed by atoms with E-state index in [0.717, 1.165) is 16.6 Å². The van der Waals surface area contributed by atoms with Gasteiger partial charge >= 0.3 is 0 Å². The van der Waals surface area contributed by atoms with E-state index in [1.807, 2.05) is 29.8 Å². The van der Waals surface area contributed by atoms with Crippen molar-refractivity contribution >= 4 is 11.0 Å². The summed E-state index contributed by atoms with van der Waals surface area (Å²) >= 11 is 0. The first kappa shape index (κ1) is 10.5. The molecular weight excluding hydrogens is 206 g/mol. The van der Waals surface area contributed by atoms with Gasteiger partial charge in [0.05, 0.1) is 30.0 Å². The molecule has 0 aliphatic carbocycles. The summed E-state index contributed by atoms with van der Waals surface area (Å²) in [7, 11) is 1.91. The number of hydrogen-bond donors (Lipinski definition) is 1. The quantitative estimate of drug-likeness (QED) is 0.483. The minimum absolute atomic E-state index is 0.206. The van der Waals surface area contributed by atoms with Crippen molar-refractivity contribution in [3.8, 4) is 0 Å². The standard InChI is InChI=1S/C10H11N5O/c1-15-6-12-8-4-7(2-3-10(8)15)9(5-16)13-14-11/h2-4,6,9,16H,5H2,1H3. The third-order valence-electron chi connectivity index (χ3n) is 2.50. The zero-order valence-corrected chi connectivity index (χ0v) is 8.78. The number of aryl methyl sites for hydroxylation is 1. The molecule has 82 valence electrons. The summed E-state index contributed by atoms with van der Waals surface area (Å²) in [6.07, 6.45) is 1.72. The largest absolute Gasteiger partial charge is 0.396 e. The van der Waals surface area contributed by atoms with Crippen LogP contribution >= 0.6 is 0 Å². The first-order valence-electron chi connectivity index (χ1n) is 4.82. The van der Waals surface area contributed by atoms with Gasteiger partial charge in [-0.15, -0.1) is 0 Å². The van der Waals surface area contributed by atoms with Crippen LogP contribution in [0.4, 0.5) is 0 Å². The number of hydrogen-bond acceptors (Lipinski definition) is 3. The topological polar surface area (TPSA) is 86.8 Å². The van der Waals surface area contributed by atoms with Gasteiger partial charge < -0.3 is 9.67 Å². The van der Waals surface area contributed by atoms with Crippen LogP contribution in [-0.4, -0.2) is 21.3 Å². The van der Waals surface area contributed by atoms with Crippen LogP contribution in [0.15, 0.2) is 29.6 Å². The maximum atomic E-state index is 9.10. The SMILES string of the molecule is Cn1cnc2cc(C(CO)N=[N+]=[N-])ccc21. The van der Waals surface area contributed by atoms with Gasteiger partial charge in [-0.3, -0.25) is 0 Å². The van der Waals surface area contributed by atoms with Crippen molar-refractivity contribution in [1.82, 2.24) is 9.55 Å². The Morgan fingerprint density at radius 2 is 2.44 bits per heavy atom. The van der Waals surface area contributed by atoms with Crippen molar-refractivity contribution in [1.29, 1.82) is 0 Å². The molecule has 0 radical (unpaired) electrons. The molecule has 0 spiro atoms. The maximum absolute atomic E-state index is 9.10. The molecule has 1 atom stereocenters. The Bertz CT molecular complexity index is 555. The number of aromatic nitrogens is 2. The Morgan fingerprint density at radius 1 is 1.62 bits per heavy atom. The van der Waals surface area contributed by atoms with E-state index >= 15 is 0 Å². The van der Waals surface area contributed by atoms with E-state index in [4.69, 9.17) is 10.6 Å². The first-order valence-corrected chi connectivity index (χ1v) is 4.82. The van der Waals surface area contributed by atoms with Gasteiger partial charge in [0, 0.05) is 12.0 Å². The van der Waals surface area contributed by atoms with Crippen molar-refractivity contribution < 1.29 is 5.11 Å². The molecule has 0 aliphatic rings. The van der Waals surface area contributed by atoms with Gasteiger partial charge in [-0.1, -0.05) is 11.2 Å². The Labute approximate surface area is 91.8 Å². The molecule has 0 fully saturated rings. The Kier molecular flexibility index (Phi) is 2.76. The molecule has 1 N–H and O–H groups in total. The molecule has 1 aromatic carbocycles. The molecule has 16 heavy (non-hydrogen) atoms. The Morgan fingerprint density at radius 3 is 3.12 bits per heavy atom. The zero-order valence-electron chi connectivity index (χ0n) is 8.78. The monoisotopic (exact) mass is 217 g/mol. The smallest absolute Gasteiger partial charge is 0.0955 e. The van der Waals surface area contributed by atoms with Crippen molar-refractivity contribution in [2.24, 2.45) is 12.2 Å². The van der Waals surface area contributed by atoms with Crippen LogP contribution in [-0.2, 0) is 7.05 Å². The highest BCUT2D eigenvalue weighted by atomic mass is 16.3. The van der Waals surface area contributed by atoms with Crippen LogP contribution in [0.1, 0.15) is 11.6 Å². The lowest BCUT2D eigenvalue weighted by atomic mass is 10.1. The van der Waals surface area contributed by atoms with Crippen LogP contribution in [0.2, 0.25) is 0 Å². The summed E-state index contributed by atoms with van der Waals surface area (Å²) in [6.45, 7) is -0.206. The summed E-state index contributed by atoms with van der Waals surface area (Å²) in [4.78, 5) is 6.91. The fourth-order valence-corrected chi connectivity index (χ4v) is 1.63. The van der Waals surface area contributed by atoms with Crippen LogP contribution in [0.3, 0.4) is 0 Å². The van der Waals surface area contributed by atoms with Crippen molar-refractivity contribution in [2.45, 2.75) is 6.04 Å². The molecule has 1 heterocycles. The number of azide groups is 1. The number of rotatable bonds is 3. The average Bonchev–Trinajstić information content (AvgIpc) is 2.67. The zero-order chi connectivity index (χ0) is 11.5. The minimum Gasteiger partial charge on any atom is -0.396 e. The van der Waals surface area contributed by atoms with E-state index in [2.05, 4.69) is 15.0 Å². The summed E-state index contributed by atoms with van der Waals surface area (Å²) in [5.74, 6) is 0. The third-order valence-corrected chi connectivity index (χ3v) is 2.50. The molecule has 2 aromatic rings. The maximum Gasteiger partial charge on any atom is 0.0955 e. The highest BCUT2D eigenvalue weighted by Gasteiger charge is 2.09. The second-order valence-electron chi connectivity index (χ2n) is 3.51. The fraction of sp³-hybridized carbons (Fsp3) is 0.300. The molecule has 0 saturated carbocycles. The highest BCUT2D eigenvalue weighted by molar-refractivity contribution is 5.76. The lowest BCUT2D eigenvalue weighted by molar-refractivity contribution is 0.268. The van der Waals surface area contributed by atoms with E-state index in [1.165, 1.54) is 0 Å². The summed E-state index contributed by atoms with van der Waals surface area (Å²) in [5, 5.41) is 12.6. The lowest BCUT2D eigenvalue weighted by Crippen LogP contribution is -1.99. The first-order chi connectivity index (χ1) is 7.76. The van der Waals surface area contributed by atoms with Crippen molar-refractivity contribution in [2.75, 3.05) is 6.61 Å². The highest BCUT2D eigenvalue weighted by Crippen LogP contribution is 2.21. The lowest BCUT2D eigenvalue weighted by Gasteiger charge is -2.07. The summed E-state index contributed by atoms with van der Waals surface area (Å²) < 4.78 is 1.90. The molecule has 0 bridgehead atoms. The molecule has 0 aliphatic heterocycles. The van der Waals surface area contributed by atoms with Crippen LogP contribution in [0.25, 0.3) is 21.5 Å². The van der Waals surface area contributed by atoms with Gasteiger partial charge in [-0.2, -0.15) is 0 Å². The second kappa shape index (κ2) is 4.22. The molecule has 2 rings (SSSR count). The van der Waals surface area contributed by atoms with Crippen LogP contribution < -0.4 is 0 Å². The number of aliphatic hydroxyl groups excluding tert-OH is 1. The number of benzene rings is 1. The minimum atomic E-state index is -0.545. The van der Waals surface area contributed by atoms with E-state index < -0.39 is 6.04 Å². The summed E-state index contributed by atoms with van der Waals surface area (Å²) in [6, 6.07) is 5.01. The van der Waals surface area contributed by atoms with E-state index in [0.29, 0.717) is 0 Å². The second-order valence-corrected chi connectivity index (χ2v) is 3.51. The van der Waals surface area contributed by atoms with E-state index in [1.54, 1.807) is 6.33 Å². The molecule has 1 unspecified atom stereocenters. The van der Waals surface area contributed by atoms with Gasteiger partial charge in [0.25, 0.3) is 0 Å². The predicted molar refractivity (Wildman–Crippen MR) is 59.7 cm³/mol. The summed E-state index contributed by atoms with van der Waals surface area (Å²) in [5.41, 5.74) is 11.0. The van der Waals surface area contributed by atoms with E-state index in [-0.39, 0.29) is 6.61 Å². The van der Waals surface area contributed by atoms with Gasteiger partial charge in [-0.25, -0.2) is 4.98 Å². The predicted octanol–water partition coefficient (Wildman–Crippen LogP) is 1.92. The average molecular weight is 217 g/mol.